The van der Waals surface area contributed by atoms with Gasteiger partial charge in [-0.25, -0.2) is 4.79 Å². The van der Waals surface area contributed by atoms with E-state index in [1.54, 1.807) is 32.9 Å². The molecule has 1 aromatic rings. The van der Waals surface area contributed by atoms with E-state index in [9.17, 15) is 4.79 Å². The van der Waals surface area contributed by atoms with Crippen LogP contribution < -0.4 is 0 Å². The molecule has 1 heterocycles. The fraction of sp³-hybridized carbons (Fsp3) is 0.417. The second-order valence-electron chi connectivity index (χ2n) is 4.65. The Morgan fingerprint density at radius 1 is 1.19 bits per heavy atom. The third-order valence-corrected chi connectivity index (χ3v) is 2.07. The molecule has 0 unspecified atom stereocenters. The maximum Gasteiger partial charge on any atom is 0.378 e. The van der Waals surface area contributed by atoms with Gasteiger partial charge in [0.15, 0.2) is 0 Å². The Hall–Kier alpha value is -1.39. The summed E-state index contributed by atoms with van der Waals surface area (Å²) < 4.78 is 5.23. The maximum absolute atomic E-state index is 11.9. The highest BCUT2D eigenvalue weighted by Gasteiger charge is 2.60. The van der Waals surface area contributed by atoms with Gasteiger partial charge in [0.05, 0.1) is 0 Å². The topological polar surface area (TPSA) is 51.4 Å². The fourth-order valence-electron chi connectivity index (χ4n) is 1.33. The molecule has 0 radical (unpaired) electrons. The van der Waals surface area contributed by atoms with Crippen LogP contribution in [-0.4, -0.2) is 11.6 Å². The molecular weight excluding hydrogens is 208 g/mol. The Bertz CT molecular complexity index is 387. The third kappa shape index (κ3) is 2.08. The van der Waals surface area contributed by atoms with Crippen molar-refractivity contribution in [3.05, 3.63) is 35.9 Å². The molecule has 0 spiro atoms. The predicted octanol–water partition coefficient (Wildman–Crippen LogP) is 2.14. The summed E-state index contributed by atoms with van der Waals surface area (Å²) in [5.41, 5.74) is 0.0815. The van der Waals surface area contributed by atoms with Gasteiger partial charge in [-0.05, 0) is 20.8 Å². The van der Waals surface area contributed by atoms with Crippen molar-refractivity contribution in [1.29, 1.82) is 0 Å². The molecule has 0 aromatic heterocycles. The van der Waals surface area contributed by atoms with Gasteiger partial charge in [-0.3, -0.25) is 0 Å². The zero-order chi connectivity index (χ0) is 11.8. The van der Waals surface area contributed by atoms with Crippen molar-refractivity contribution < 1.29 is 19.3 Å². The van der Waals surface area contributed by atoms with Crippen LogP contribution >= 0.6 is 0 Å². The molecule has 1 saturated heterocycles. The van der Waals surface area contributed by atoms with Gasteiger partial charge < -0.3 is 4.74 Å². The Morgan fingerprint density at radius 2 is 1.75 bits per heavy atom. The number of carbonyl (C=O) groups excluding carboxylic acids is 1. The Morgan fingerprint density at radius 3 is 2.19 bits per heavy atom. The molecule has 16 heavy (non-hydrogen) atoms. The molecule has 1 fully saturated rings. The van der Waals surface area contributed by atoms with E-state index in [-0.39, 0.29) is 0 Å². The van der Waals surface area contributed by atoms with Crippen molar-refractivity contribution in [1.82, 2.24) is 0 Å². The van der Waals surface area contributed by atoms with E-state index in [2.05, 4.69) is 0 Å². The molecule has 0 atom stereocenters. The average molecular weight is 222 g/mol. The summed E-state index contributed by atoms with van der Waals surface area (Å²) in [7, 11) is 0. The van der Waals surface area contributed by atoms with Gasteiger partial charge in [0.1, 0.15) is 5.60 Å². The summed E-state index contributed by atoms with van der Waals surface area (Å²) in [6.07, 6.45) is 0. The smallest absolute Gasteiger partial charge is 0.378 e. The lowest BCUT2D eigenvalue weighted by Crippen LogP contribution is -2.32. The van der Waals surface area contributed by atoms with Gasteiger partial charge in [0, 0.05) is 5.56 Å². The third-order valence-electron chi connectivity index (χ3n) is 2.07. The van der Waals surface area contributed by atoms with Crippen molar-refractivity contribution in [2.24, 2.45) is 0 Å². The minimum Gasteiger partial charge on any atom is -0.456 e. The van der Waals surface area contributed by atoms with Gasteiger partial charge in [0.25, 0.3) is 0 Å². The van der Waals surface area contributed by atoms with Crippen molar-refractivity contribution in [3.8, 4) is 0 Å². The van der Waals surface area contributed by atoms with Crippen LogP contribution in [0.5, 0.6) is 0 Å². The first-order valence-electron chi connectivity index (χ1n) is 5.10. The molecule has 1 aromatic carbocycles. The molecule has 2 rings (SSSR count). The predicted molar refractivity (Wildman–Crippen MR) is 56.1 cm³/mol. The van der Waals surface area contributed by atoms with E-state index >= 15 is 0 Å². The highest BCUT2D eigenvalue weighted by atomic mass is 17.4. The number of rotatable bonds is 2. The summed E-state index contributed by atoms with van der Waals surface area (Å²) in [4.78, 5) is 21.5. The van der Waals surface area contributed by atoms with Crippen LogP contribution in [0.25, 0.3) is 0 Å². The lowest BCUT2D eigenvalue weighted by molar-refractivity contribution is -0.163. The first kappa shape index (κ1) is 11.1. The molecule has 4 nitrogen and oxygen atoms in total. The number of benzene rings is 1. The van der Waals surface area contributed by atoms with Crippen LogP contribution in [0.15, 0.2) is 30.3 Å². The molecule has 0 aliphatic carbocycles. The molecule has 0 saturated carbocycles. The number of ether oxygens (including phenoxy) is 1. The zero-order valence-corrected chi connectivity index (χ0v) is 9.52. The summed E-state index contributed by atoms with van der Waals surface area (Å²) in [6, 6.07) is 9.00. The second-order valence-corrected chi connectivity index (χ2v) is 4.65. The van der Waals surface area contributed by atoms with E-state index in [0.717, 1.165) is 0 Å². The Balaban J connectivity index is 2.18. The zero-order valence-electron chi connectivity index (χ0n) is 9.52. The Labute approximate surface area is 94.0 Å². The largest absolute Gasteiger partial charge is 0.456 e. The van der Waals surface area contributed by atoms with Crippen LogP contribution in [0.1, 0.15) is 26.3 Å². The highest BCUT2D eigenvalue weighted by Crippen LogP contribution is 2.42. The molecule has 0 amide bonds. The molecule has 1 aliphatic rings. The maximum atomic E-state index is 11.9. The van der Waals surface area contributed by atoms with Gasteiger partial charge in [-0.1, -0.05) is 30.3 Å². The summed E-state index contributed by atoms with van der Waals surface area (Å²) in [5, 5.41) is 0. The normalized spacial score (nSPS) is 17.9. The fourth-order valence-corrected chi connectivity index (χ4v) is 1.33. The van der Waals surface area contributed by atoms with Crippen molar-refractivity contribution in [3.63, 3.8) is 0 Å². The number of esters is 1. The minimum absolute atomic E-state index is 0.522. The van der Waals surface area contributed by atoms with Crippen molar-refractivity contribution in [2.45, 2.75) is 32.2 Å². The lowest BCUT2D eigenvalue weighted by atomic mass is 10.1. The standard InChI is InChI=1S/C12H14O4/c1-11(2,3)14-10(13)12(15-16-12)9-7-5-4-6-8-9/h4-8H,1-3H3. The van der Waals surface area contributed by atoms with Gasteiger partial charge >= 0.3 is 11.8 Å². The van der Waals surface area contributed by atoms with Gasteiger partial charge in [-0.15, -0.1) is 0 Å². The van der Waals surface area contributed by atoms with E-state index < -0.39 is 17.4 Å². The lowest BCUT2D eigenvalue weighted by Gasteiger charge is -2.20. The van der Waals surface area contributed by atoms with Crippen molar-refractivity contribution in [2.75, 3.05) is 0 Å². The number of carbonyl (C=O) groups is 1. The van der Waals surface area contributed by atoms with Crippen LogP contribution in [0.2, 0.25) is 0 Å². The minimum atomic E-state index is -1.35. The molecule has 86 valence electrons. The SMILES string of the molecule is CC(C)(C)OC(=O)C1(c2ccccc2)OO1. The van der Waals surface area contributed by atoms with Crippen LogP contribution in [-0.2, 0) is 25.1 Å². The first-order chi connectivity index (χ1) is 7.44. The van der Waals surface area contributed by atoms with Crippen LogP contribution in [0.3, 0.4) is 0 Å². The summed E-state index contributed by atoms with van der Waals surface area (Å²) >= 11 is 0. The van der Waals surface area contributed by atoms with Gasteiger partial charge in [-0.2, -0.15) is 9.78 Å². The van der Waals surface area contributed by atoms with E-state index in [1.807, 2.05) is 18.2 Å². The molecule has 0 N–H and O–H groups in total. The quantitative estimate of drug-likeness (QED) is 0.437. The highest BCUT2D eigenvalue weighted by molar-refractivity contribution is 5.81. The molecular formula is C12H14O4. The summed E-state index contributed by atoms with van der Waals surface area (Å²) in [6.45, 7) is 5.39. The second kappa shape index (κ2) is 3.57. The van der Waals surface area contributed by atoms with Crippen LogP contribution in [0.4, 0.5) is 0 Å². The van der Waals surface area contributed by atoms with E-state index in [1.165, 1.54) is 0 Å². The van der Waals surface area contributed by atoms with E-state index in [4.69, 9.17) is 14.5 Å². The average Bonchev–Trinajstić information content (AvgIpc) is 2.97. The van der Waals surface area contributed by atoms with Gasteiger partial charge in [0.2, 0.25) is 0 Å². The Kier molecular flexibility index (Phi) is 2.48. The number of hydrogen-bond donors (Lipinski definition) is 0. The van der Waals surface area contributed by atoms with Crippen molar-refractivity contribution >= 4 is 5.97 Å². The molecule has 0 bridgehead atoms. The first-order valence-corrected chi connectivity index (χ1v) is 5.10. The molecule has 1 aliphatic heterocycles. The number of hydrogen-bond acceptors (Lipinski definition) is 4. The monoisotopic (exact) mass is 222 g/mol. The van der Waals surface area contributed by atoms with Crippen LogP contribution in [0, 0.1) is 0 Å². The van der Waals surface area contributed by atoms with E-state index in [0.29, 0.717) is 5.56 Å². The summed E-state index contributed by atoms with van der Waals surface area (Å²) in [5.74, 6) is -1.87. The molecule has 4 heteroatoms.